The van der Waals surface area contributed by atoms with E-state index >= 15 is 0 Å². The minimum Gasteiger partial charge on any atom is -0.392 e. The Hall–Kier alpha value is -1.52. The molecule has 1 unspecified atom stereocenters. The Balaban J connectivity index is 2.26. The Bertz CT molecular complexity index is 514. The number of pyridine rings is 1. The monoisotopic (exact) mass is 234 g/mol. The summed E-state index contributed by atoms with van der Waals surface area (Å²) in [6, 6.07) is 6.57. The summed E-state index contributed by atoms with van der Waals surface area (Å²) in [6.45, 7) is 2.68. The average molecular weight is 234 g/mol. The van der Waals surface area contributed by atoms with Crippen LogP contribution < -0.4 is 5.32 Å². The summed E-state index contributed by atoms with van der Waals surface area (Å²) in [4.78, 5) is 4.25. The molecule has 0 spiro atoms. The zero-order valence-electron chi connectivity index (χ0n) is 9.65. The highest BCUT2D eigenvalue weighted by atomic mass is 19.1. The molecule has 0 aliphatic rings. The van der Waals surface area contributed by atoms with Gasteiger partial charge in [0.1, 0.15) is 5.82 Å². The van der Waals surface area contributed by atoms with Crippen LogP contribution in [0.15, 0.2) is 30.5 Å². The number of fused-ring (bicyclic) bond motifs is 1. The zero-order valence-corrected chi connectivity index (χ0v) is 9.65. The number of rotatable bonds is 4. The molecule has 1 aromatic carbocycles. The summed E-state index contributed by atoms with van der Waals surface area (Å²) >= 11 is 0. The van der Waals surface area contributed by atoms with Crippen molar-refractivity contribution in [2.24, 2.45) is 0 Å². The smallest absolute Gasteiger partial charge is 0.124 e. The van der Waals surface area contributed by atoms with Crippen molar-refractivity contribution in [3.8, 4) is 0 Å². The lowest BCUT2D eigenvalue weighted by molar-refractivity contribution is 0.191. The van der Waals surface area contributed by atoms with Gasteiger partial charge in [-0.3, -0.25) is 4.98 Å². The first-order chi connectivity index (χ1) is 8.16. The Kier molecular flexibility index (Phi) is 3.66. The van der Waals surface area contributed by atoms with Crippen molar-refractivity contribution in [3.05, 3.63) is 41.8 Å². The van der Waals surface area contributed by atoms with Gasteiger partial charge in [0.2, 0.25) is 0 Å². The Morgan fingerprint density at radius 1 is 1.47 bits per heavy atom. The summed E-state index contributed by atoms with van der Waals surface area (Å²) in [5.41, 5.74) is 1.60. The molecule has 0 aliphatic carbocycles. The number of hydrogen-bond acceptors (Lipinski definition) is 3. The minimum absolute atomic E-state index is 0.264. The third kappa shape index (κ3) is 2.99. The van der Waals surface area contributed by atoms with Gasteiger partial charge in [-0.25, -0.2) is 4.39 Å². The van der Waals surface area contributed by atoms with E-state index in [9.17, 15) is 4.39 Å². The van der Waals surface area contributed by atoms with Gasteiger partial charge in [0.15, 0.2) is 0 Å². The second-order valence-electron chi connectivity index (χ2n) is 4.12. The molecule has 2 aromatic rings. The number of aliphatic hydroxyl groups excluding tert-OH is 1. The fraction of sp³-hybridized carbons (Fsp3) is 0.308. The number of aromatic nitrogens is 1. The van der Waals surface area contributed by atoms with Gasteiger partial charge in [-0.2, -0.15) is 0 Å². The third-order valence-electron chi connectivity index (χ3n) is 2.50. The van der Waals surface area contributed by atoms with Crippen molar-refractivity contribution in [3.63, 3.8) is 0 Å². The van der Waals surface area contributed by atoms with Crippen molar-refractivity contribution >= 4 is 10.9 Å². The molecular weight excluding hydrogens is 219 g/mol. The molecule has 3 nitrogen and oxygen atoms in total. The van der Waals surface area contributed by atoms with Crippen LogP contribution in [0, 0.1) is 5.82 Å². The Morgan fingerprint density at radius 2 is 2.29 bits per heavy atom. The van der Waals surface area contributed by atoms with Gasteiger partial charge in [-0.15, -0.1) is 0 Å². The number of nitrogens with zero attached hydrogens (tertiary/aromatic N) is 1. The highest BCUT2D eigenvalue weighted by Gasteiger charge is 2.05. The van der Waals surface area contributed by atoms with Crippen LogP contribution in [0.5, 0.6) is 0 Å². The lowest BCUT2D eigenvalue weighted by Crippen LogP contribution is -2.24. The van der Waals surface area contributed by atoms with E-state index in [1.165, 1.54) is 12.1 Å². The van der Waals surface area contributed by atoms with E-state index in [1.807, 2.05) is 6.07 Å². The van der Waals surface area contributed by atoms with E-state index in [1.54, 1.807) is 19.2 Å². The molecule has 1 aromatic heterocycles. The molecule has 0 amide bonds. The largest absolute Gasteiger partial charge is 0.392 e. The molecule has 17 heavy (non-hydrogen) atoms. The van der Waals surface area contributed by atoms with Crippen LogP contribution in [0.3, 0.4) is 0 Å². The fourth-order valence-corrected chi connectivity index (χ4v) is 1.78. The van der Waals surface area contributed by atoms with E-state index in [4.69, 9.17) is 5.11 Å². The quantitative estimate of drug-likeness (QED) is 0.848. The van der Waals surface area contributed by atoms with Crippen LogP contribution in [0.1, 0.15) is 12.5 Å². The van der Waals surface area contributed by atoms with E-state index in [0.29, 0.717) is 13.1 Å². The number of aliphatic hydroxyl groups is 1. The van der Waals surface area contributed by atoms with Gasteiger partial charge >= 0.3 is 0 Å². The number of hydrogen-bond donors (Lipinski definition) is 2. The molecule has 4 heteroatoms. The van der Waals surface area contributed by atoms with E-state index in [0.717, 1.165) is 16.5 Å². The summed E-state index contributed by atoms with van der Waals surface area (Å²) in [5.74, 6) is -0.264. The van der Waals surface area contributed by atoms with Crippen molar-refractivity contribution in [2.45, 2.75) is 19.6 Å². The van der Waals surface area contributed by atoms with Crippen LogP contribution in [0.4, 0.5) is 4.39 Å². The molecule has 0 saturated heterocycles. The van der Waals surface area contributed by atoms with Crippen LogP contribution in [0.2, 0.25) is 0 Å². The first-order valence-electron chi connectivity index (χ1n) is 5.59. The molecule has 0 fully saturated rings. The molecule has 0 saturated carbocycles. The van der Waals surface area contributed by atoms with Gasteiger partial charge in [0, 0.05) is 24.7 Å². The van der Waals surface area contributed by atoms with Crippen molar-refractivity contribution in [1.82, 2.24) is 10.3 Å². The maximum Gasteiger partial charge on any atom is 0.124 e. The van der Waals surface area contributed by atoms with E-state index in [2.05, 4.69) is 10.3 Å². The molecule has 1 atom stereocenters. The fourth-order valence-electron chi connectivity index (χ4n) is 1.78. The molecular formula is C13H15FN2O. The Labute approximate surface area is 99.3 Å². The highest BCUT2D eigenvalue weighted by Crippen LogP contribution is 2.18. The van der Waals surface area contributed by atoms with Crippen LogP contribution in [-0.2, 0) is 6.54 Å². The maximum atomic E-state index is 13.4. The second kappa shape index (κ2) is 5.21. The number of nitrogens with one attached hydrogen (secondary N) is 1. The zero-order chi connectivity index (χ0) is 12.3. The van der Waals surface area contributed by atoms with Crippen molar-refractivity contribution < 1.29 is 9.50 Å². The molecule has 0 aliphatic heterocycles. The maximum absolute atomic E-state index is 13.4. The summed E-state index contributed by atoms with van der Waals surface area (Å²) in [7, 11) is 0. The summed E-state index contributed by atoms with van der Waals surface area (Å²) < 4.78 is 13.4. The average Bonchev–Trinajstić information content (AvgIpc) is 2.28. The minimum atomic E-state index is -0.414. The van der Waals surface area contributed by atoms with Crippen molar-refractivity contribution in [1.29, 1.82) is 0 Å². The molecule has 0 bridgehead atoms. The Morgan fingerprint density at radius 3 is 3.06 bits per heavy atom. The molecule has 2 N–H and O–H groups in total. The molecule has 90 valence electrons. The predicted molar refractivity (Wildman–Crippen MR) is 65.1 cm³/mol. The standard InChI is InChI=1S/C13H15FN2O/c1-9(17)7-15-8-11-6-12(14)5-10-3-2-4-16-13(10)11/h2-6,9,15,17H,7-8H2,1H3. The highest BCUT2D eigenvalue weighted by molar-refractivity contribution is 5.81. The number of halogens is 1. The first-order valence-corrected chi connectivity index (χ1v) is 5.59. The number of benzene rings is 1. The third-order valence-corrected chi connectivity index (χ3v) is 2.50. The van der Waals surface area contributed by atoms with Crippen LogP contribution in [0.25, 0.3) is 10.9 Å². The molecule has 2 rings (SSSR count). The van der Waals surface area contributed by atoms with E-state index in [-0.39, 0.29) is 5.82 Å². The van der Waals surface area contributed by atoms with E-state index < -0.39 is 6.10 Å². The summed E-state index contributed by atoms with van der Waals surface area (Å²) in [6.07, 6.45) is 1.28. The van der Waals surface area contributed by atoms with Gasteiger partial charge in [0.05, 0.1) is 11.6 Å². The second-order valence-corrected chi connectivity index (χ2v) is 4.12. The normalized spacial score (nSPS) is 12.9. The van der Waals surface area contributed by atoms with Gasteiger partial charge < -0.3 is 10.4 Å². The van der Waals surface area contributed by atoms with Crippen molar-refractivity contribution in [2.75, 3.05) is 6.54 Å². The predicted octanol–water partition coefficient (Wildman–Crippen LogP) is 1.84. The lowest BCUT2D eigenvalue weighted by Gasteiger charge is -2.09. The van der Waals surface area contributed by atoms with Gasteiger partial charge in [-0.05, 0) is 30.7 Å². The van der Waals surface area contributed by atoms with Crippen LogP contribution in [-0.4, -0.2) is 22.7 Å². The summed E-state index contributed by atoms with van der Waals surface area (Å²) in [5, 5.41) is 13.0. The van der Waals surface area contributed by atoms with Gasteiger partial charge in [0.25, 0.3) is 0 Å². The molecule has 0 radical (unpaired) electrons. The SMILES string of the molecule is CC(O)CNCc1cc(F)cc2cccnc12. The first kappa shape index (κ1) is 12.0. The molecule has 1 heterocycles. The van der Waals surface area contributed by atoms with Crippen LogP contribution >= 0.6 is 0 Å². The topological polar surface area (TPSA) is 45.1 Å². The lowest BCUT2D eigenvalue weighted by atomic mass is 10.1. The van der Waals surface area contributed by atoms with Gasteiger partial charge in [-0.1, -0.05) is 6.07 Å².